The fourth-order valence-electron chi connectivity index (χ4n) is 3.21. The maximum absolute atomic E-state index is 14.0. The lowest BCUT2D eigenvalue weighted by Gasteiger charge is -2.34. The van der Waals surface area contributed by atoms with Gasteiger partial charge in [-0.25, -0.2) is 26.4 Å². The second-order valence-corrected chi connectivity index (χ2v) is 9.62. The third-order valence-electron chi connectivity index (χ3n) is 4.79. The predicted molar refractivity (Wildman–Crippen MR) is 106 cm³/mol. The molecule has 3 N–H and O–H groups in total. The van der Waals surface area contributed by atoms with E-state index in [-0.39, 0.29) is 38.5 Å². The van der Waals surface area contributed by atoms with Gasteiger partial charge in [0.2, 0.25) is 15.9 Å². The quantitative estimate of drug-likeness (QED) is 0.619. The first kappa shape index (κ1) is 23.0. The SMILES string of the molecule is NC(=O)NC(CC(=O)N1CCN(S(=O)(=O)c2ccc(F)c(F)c2F)CC1)c1cccs1. The summed E-state index contributed by atoms with van der Waals surface area (Å²) < 4.78 is 66.7. The summed E-state index contributed by atoms with van der Waals surface area (Å²) in [6.45, 7) is -0.285. The molecule has 3 amide bonds. The van der Waals surface area contributed by atoms with E-state index in [0.717, 1.165) is 9.18 Å². The van der Waals surface area contributed by atoms with E-state index in [2.05, 4.69) is 5.32 Å². The number of nitrogens with one attached hydrogen (secondary N) is 1. The largest absolute Gasteiger partial charge is 0.352 e. The molecule has 1 aromatic carbocycles. The van der Waals surface area contributed by atoms with Crippen LogP contribution >= 0.6 is 11.3 Å². The number of benzene rings is 1. The number of carbonyl (C=O) groups is 2. The van der Waals surface area contributed by atoms with Gasteiger partial charge in [-0.15, -0.1) is 11.3 Å². The van der Waals surface area contributed by atoms with Gasteiger partial charge in [0.15, 0.2) is 17.5 Å². The lowest BCUT2D eigenvalue weighted by atomic mass is 10.1. The fourth-order valence-corrected chi connectivity index (χ4v) is 5.47. The van der Waals surface area contributed by atoms with Crippen LogP contribution in [0.4, 0.5) is 18.0 Å². The van der Waals surface area contributed by atoms with E-state index in [1.54, 1.807) is 17.5 Å². The Hall–Kier alpha value is -2.64. The molecular formula is C18H19F3N4O4S2. The van der Waals surface area contributed by atoms with Gasteiger partial charge in [-0.1, -0.05) is 6.07 Å². The number of amides is 3. The maximum atomic E-state index is 14.0. The number of halogens is 3. The number of hydrogen-bond acceptors (Lipinski definition) is 5. The Morgan fingerprint density at radius 1 is 1.10 bits per heavy atom. The van der Waals surface area contributed by atoms with Crippen LogP contribution in [0, 0.1) is 17.5 Å². The normalized spacial score (nSPS) is 16.2. The van der Waals surface area contributed by atoms with Gasteiger partial charge in [-0.2, -0.15) is 4.31 Å². The van der Waals surface area contributed by atoms with E-state index in [0.29, 0.717) is 12.1 Å². The van der Waals surface area contributed by atoms with Gasteiger partial charge < -0.3 is 16.0 Å². The summed E-state index contributed by atoms with van der Waals surface area (Å²) in [5.74, 6) is -5.47. The van der Waals surface area contributed by atoms with Gasteiger partial charge in [0.25, 0.3) is 0 Å². The van der Waals surface area contributed by atoms with Crippen LogP contribution in [0.15, 0.2) is 34.5 Å². The number of sulfonamides is 1. The highest BCUT2D eigenvalue weighted by atomic mass is 32.2. The fraction of sp³-hybridized carbons (Fsp3) is 0.333. The van der Waals surface area contributed by atoms with Crippen LogP contribution in [0.2, 0.25) is 0 Å². The molecule has 1 aliphatic rings. The molecule has 0 saturated carbocycles. The van der Waals surface area contributed by atoms with E-state index in [4.69, 9.17) is 5.73 Å². The van der Waals surface area contributed by atoms with Crippen LogP contribution < -0.4 is 11.1 Å². The molecule has 8 nitrogen and oxygen atoms in total. The molecule has 3 rings (SSSR count). The van der Waals surface area contributed by atoms with E-state index in [9.17, 15) is 31.2 Å². The first-order valence-electron chi connectivity index (χ1n) is 9.12. The lowest BCUT2D eigenvalue weighted by molar-refractivity contribution is -0.132. The summed E-state index contributed by atoms with van der Waals surface area (Å²) >= 11 is 1.35. The van der Waals surface area contributed by atoms with Crippen LogP contribution in [0.3, 0.4) is 0 Å². The number of carbonyl (C=O) groups excluding carboxylic acids is 2. The van der Waals surface area contributed by atoms with E-state index in [1.165, 1.54) is 16.2 Å². The van der Waals surface area contributed by atoms with E-state index in [1.807, 2.05) is 0 Å². The summed E-state index contributed by atoms with van der Waals surface area (Å²) in [6, 6.07) is 3.32. The van der Waals surface area contributed by atoms with Gasteiger partial charge in [0, 0.05) is 31.1 Å². The highest BCUT2D eigenvalue weighted by Crippen LogP contribution is 2.26. The topological polar surface area (TPSA) is 113 Å². The Morgan fingerprint density at radius 2 is 1.77 bits per heavy atom. The standard InChI is InChI=1S/C18H19F3N4O4S2/c19-11-3-4-14(17(21)16(11)20)31(28,29)25-7-5-24(6-8-25)15(26)10-12(23-18(22)27)13-2-1-9-30-13/h1-4,9,12H,5-8,10H2,(H3,22,23,27). The summed E-state index contributed by atoms with van der Waals surface area (Å²) in [7, 11) is -4.41. The number of rotatable bonds is 6. The zero-order chi connectivity index (χ0) is 22.8. The molecule has 1 atom stereocenters. The summed E-state index contributed by atoms with van der Waals surface area (Å²) in [6.07, 6.45) is -0.0754. The van der Waals surface area contributed by atoms with Crippen LogP contribution in [0.25, 0.3) is 0 Å². The second-order valence-electron chi connectivity index (χ2n) is 6.74. The first-order chi connectivity index (χ1) is 14.6. The minimum absolute atomic E-state index is 0.0110. The average Bonchev–Trinajstić information content (AvgIpc) is 3.26. The Balaban J connectivity index is 1.66. The minimum atomic E-state index is -4.41. The molecule has 0 spiro atoms. The van der Waals surface area contributed by atoms with E-state index < -0.39 is 44.4 Å². The molecule has 1 aromatic heterocycles. The molecule has 0 bridgehead atoms. The average molecular weight is 477 g/mol. The van der Waals surface area contributed by atoms with Crippen molar-refractivity contribution in [3.63, 3.8) is 0 Å². The highest BCUT2D eigenvalue weighted by Gasteiger charge is 2.34. The Morgan fingerprint density at radius 3 is 2.35 bits per heavy atom. The van der Waals surface area contributed by atoms with Crippen LogP contribution in [0.5, 0.6) is 0 Å². The number of urea groups is 1. The van der Waals surface area contributed by atoms with Crippen LogP contribution in [0.1, 0.15) is 17.3 Å². The first-order valence-corrected chi connectivity index (χ1v) is 11.4. The van der Waals surface area contributed by atoms with Gasteiger partial charge in [-0.05, 0) is 23.6 Å². The molecule has 0 radical (unpaired) electrons. The maximum Gasteiger partial charge on any atom is 0.312 e. The third-order valence-corrected chi connectivity index (χ3v) is 7.69. The van der Waals surface area contributed by atoms with Crippen molar-refractivity contribution in [1.82, 2.24) is 14.5 Å². The summed E-state index contributed by atoms with van der Waals surface area (Å²) in [5, 5.41) is 4.30. The monoisotopic (exact) mass is 476 g/mol. The molecule has 1 unspecified atom stereocenters. The van der Waals surface area contributed by atoms with Crippen molar-refractivity contribution < 1.29 is 31.2 Å². The summed E-state index contributed by atoms with van der Waals surface area (Å²) in [5.41, 5.74) is 5.18. The number of piperazine rings is 1. The zero-order valence-corrected chi connectivity index (χ0v) is 17.7. The molecular weight excluding hydrogens is 457 g/mol. The van der Waals surface area contributed by atoms with Gasteiger partial charge in [0.05, 0.1) is 12.5 Å². The number of thiophene rings is 1. The molecule has 13 heteroatoms. The number of nitrogens with zero attached hydrogens (tertiary/aromatic N) is 2. The molecule has 0 aliphatic carbocycles. The molecule has 2 aromatic rings. The zero-order valence-electron chi connectivity index (χ0n) is 16.1. The van der Waals surface area contributed by atoms with Crippen LogP contribution in [-0.4, -0.2) is 55.7 Å². The van der Waals surface area contributed by atoms with Crippen molar-refractivity contribution in [2.24, 2.45) is 5.73 Å². The van der Waals surface area contributed by atoms with Crippen molar-refractivity contribution in [3.8, 4) is 0 Å². The molecule has 2 heterocycles. The Kier molecular flexibility index (Phi) is 6.86. The lowest BCUT2D eigenvalue weighted by Crippen LogP contribution is -2.51. The minimum Gasteiger partial charge on any atom is -0.352 e. The number of primary amides is 1. The van der Waals surface area contributed by atoms with Gasteiger partial charge >= 0.3 is 6.03 Å². The molecule has 1 saturated heterocycles. The molecule has 168 valence electrons. The van der Waals surface area contributed by atoms with Crippen LogP contribution in [-0.2, 0) is 14.8 Å². The second kappa shape index (κ2) is 9.24. The van der Waals surface area contributed by atoms with Gasteiger partial charge in [0.1, 0.15) is 4.90 Å². The summed E-state index contributed by atoms with van der Waals surface area (Å²) in [4.78, 5) is 25.1. The van der Waals surface area contributed by atoms with E-state index >= 15 is 0 Å². The Labute approximate surface area is 180 Å². The predicted octanol–water partition coefficient (Wildman–Crippen LogP) is 1.80. The van der Waals surface area contributed by atoms with Crippen molar-refractivity contribution in [1.29, 1.82) is 0 Å². The number of hydrogen-bond donors (Lipinski definition) is 2. The molecule has 1 aliphatic heterocycles. The molecule has 1 fully saturated rings. The van der Waals surface area contributed by atoms with Crippen molar-refractivity contribution >= 4 is 33.3 Å². The van der Waals surface area contributed by atoms with Crippen molar-refractivity contribution in [2.75, 3.05) is 26.2 Å². The molecule has 31 heavy (non-hydrogen) atoms. The van der Waals surface area contributed by atoms with Gasteiger partial charge in [-0.3, -0.25) is 4.79 Å². The number of nitrogens with two attached hydrogens (primary N) is 1. The smallest absolute Gasteiger partial charge is 0.312 e. The van der Waals surface area contributed by atoms with Crippen molar-refractivity contribution in [3.05, 3.63) is 52.0 Å². The van der Waals surface area contributed by atoms with Crippen molar-refractivity contribution in [2.45, 2.75) is 17.4 Å². The Bertz CT molecular complexity index is 1070. The third kappa shape index (κ3) is 4.99. The highest BCUT2D eigenvalue weighted by molar-refractivity contribution is 7.89.